The van der Waals surface area contributed by atoms with Crippen LogP contribution in [0.5, 0.6) is 5.75 Å². The molecule has 1 aromatic carbocycles. The van der Waals surface area contributed by atoms with Gasteiger partial charge < -0.3 is 25.2 Å². The Morgan fingerprint density at radius 3 is 2.80 bits per heavy atom. The van der Waals surface area contributed by atoms with Crippen molar-refractivity contribution in [3.63, 3.8) is 0 Å². The molecule has 1 aromatic rings. The molecule has 1 rings (SSSR count). The Balaban J connectivity index is 2.88. The van der Waals surface area contributed by atoms with E-state index in [4.69, 9.17) is 15.2 Å². The number of amides is 1. The van der Waals surface area contributed by atoms with Gasteiger partial charge in [-0.05, 0) is 19.1 Å². The van der Waals surface area contributed by atoms with Crippen LogP contribution in [0.4, 0.5) is 5.69 Å². The quantitative estimate of drug-likeness (QED) is 0.721. The van der Waals surface area contributed by atoms with E-state index in [1.54, 1.807) is 25.2 Å². The number of hydrogen-bond acceptors (Lipinski definition) is 5. The molecule has 0 aromatic heterocycles. The highest BCUT2D eigenvalue weighted by Crippen LogP contribution is 2.27. The lowest BCUT2D eigenvalue weighted by Crippen LogP contribution is -2.36. The fourth-order valence-electron chi connectivity index (χ4n) is 1.88. The van der Waals surface area contributed by atoms with Gasteiger partial charge in [0.1, 0.15) is 0 Å². The van der Waals surface area contributed by atoms with Gasteiger partial charge in [0.05, 0.1) is 30.6 Å². The summed E-state index contributed by atoms with van der Waals surface area (Å²) >= 11 is 0. The molecule has 0 saturated heterocycles. The Morgan fingerprint density at radius 2 is 2.20 bits per heavy atom. The minimum absolute atomic E-state index is 0.173. The molecule has 0 aliphatic heterocycles. The molecule has 0 radical (unpaired) electrons. The molecule has 1 unspecified atom stereocenters. The minimum Gasteiger partial charge on any atom is -0.491 e. The van der Waals surface area contributed by atoms with Crippen molar-refractivity contribution in [2.75, 3.05) is 39.6 Å². The zero-order valence-corrected chi connectivity index (χ0v) is 12.1. The van der Waals surface area contributed by atoms with Crippen molar-refractivity contribution in [2.45, 2.75) is 13.0 Å². The van der Waals surface area contributed by atoms with Crippen LogP contribution in [0, 0.1) is 0 Å². The van der Waals surface area contributed by atoms with Gasteiger partial charge in [-0.15, -0.1) is 0 Å². The predicted molar refractivity (Wildman–Crippen MR) is 76.9 cm³/mol. The molecule has 0 bridgehead atoms. The van der Waals surface area contributed by atoms with E-state index in [-0.39, 0.29) is 19.1 Å². The van der Waals surface area contributed by atoms with E-state index in [0.717, 1.165) is 0 Å². The molecule has 1 atom stereocenters. The average Bonchev–Trinajstić information content (AvgIpc) is 2.40. The highest BCUT2D eigenvalue weighted by Gasteiger charge is 2.20. The van der Waals surface area contributed by atoms with Crippen LogP contribution in [0.25, 0.3) is 0 Å². The molecule has 1 amide bonds. The lowest BCUT2D eigenvalue weighted by atomic mass is 10.1. The van der Waals surface area contributed by atoms with E-state index in [9.17, 15) is 9.90 Å². The molecule has 0 saturated carbocycles. The minimum atomic E-state index is -0.731. The first-order valence-corrected chi connectivity index (χ1v) is 6.45. The van der Waals surface area contributed by atoms with Gasteiger partial charge in [-0.25, -0.2) is 0 Å². The number of nitrogens with two attached hydrogens (primary N) is 1. The second-order valence-electron chi connectivity index (χ2n) is 4.45. The SMILES string of the molecule is CCOc1c(N)cccc1C(=O)N(C)CC(O)COC. The van der Waals surface area contributed by atoms with Crippen LogP contribution in [0.15, 0.2) is 18.2 Å². The van der Waals surface area contributed by atoms with Crippen LogP contribution >= 0.6 is 0 Å². The summed E-state index contributed by atoms with van der Waals surface area (Å²) in [5, 5.41) is 9.67. The average molecular weight is 282 g/mol. The number of carbonyl (C=O) groups is 1. The van der Waals surface area contributed by atoms with E-state index >= 15 is 0 Å². The van der Waals surface area contributed by atoms with E-state index in [1.165, 1.54) is 12.0 Å². The molecule has 6 nitrogen and oxygen atoms in total. The molecule has 0 fully saturated rings. The molecule has 0 heterocycles. The van der Waals surface area contributed by atoms with Crippen LogP contribution in [-0.2, 0) is 4.74 Å². The Kier molecular flexibility index (Phi) is 6.27. The summed E-state index contributed by atoms with van der Waals surface area (Å²) in [5.74, 6) is 0.129. The smallest absolute Gasteiger partial charge is 0.257 e. The molecule has 112 valence electrons. The summed E-state index contributed by atoms with van der Waals surface area (Å²) in [5.41, 5.74) is 6.64. The van der Waals surface area contributed by atoms with E-state index in [0.29, 0.717) is 23.6 Å². The zero-order chi connectivity index (χ0) is 15.1. The second-order valence-corrected chi connectivity index (χ2v) is 4.45. The Bertz CT molecular complexity index is 451. The van der Waals surface area contributed by atoms with Gasteiger partial charge in [-0.3, -0.25) is 4.79 Å². The van der Waals surface area contributed by atoms with Crippen molar-refractivity contribution < 1.29 is 19.4 Å². The summed E-state index contributed by atoms with van der Waals surface area (Å²) in [4.78, 5) is 13.8. The number of likely N-dealkylation sites (N-methyl/N-ethyl adjacent to an activating group) is 1. The first kappa shape index (κ1) is 16.3. The first-order valence-electron chi connectivity index (χ1n) is 6.45. The highest BCUT2D eigenvalue weighted by atomic mass is 16.5. The van der Waals surface area contributed by atoms with E-state index < -0.39 is 6.10 Å². The Morgan fingerprint density at radius 1 is 1.50 bits per heavy atom. The monoisotopic (exact) mass is 282 g/mol. The summed E-state index contributed by atoms with van der Waals surface area (Å²) in [7, 11) is 3.11. The number of methoxy groups -OCH3 is 1. The third-order valence-corrected chi connectivity index (χ3v) is 2.75. The largest absolute Gasteiger partial charge is 0.491 e. The topological polar surface area (TPSA) is 85.0 Å². The first-order chi connectivity index (χ1) is 9.51. The molecule has 0 aliphatic rings. The standard InChI is InChI=1S/C14H22N2O4/c1-4-20-13-11(6-5-7-12(13)15)14(18)16(2)8-10(17)9-19-3/h5-7,10,17H,4,8-9,15H2,1-3H3. The number of para-hydroxylation sites is 1. The summed E-state index contributed by atoms with van der Waals surface area (Å²) < 4.78 is 10.3. The van der Waals surface area contributed by atoms with Crippen molar-refractivity contribution in [3.8, 4) is 5.75 Å². The molecule has 0 spiro atoms. The van der Waals surface area contributed by atoms with Crippen molar-refractivity contribution >= 4 is 11.6 Å². The maximum absolute atomic E-state index is 12.4. The lowest BCUT2D eigenvalue weighted by Gasteiger charge is -2.22. The Labute approximate surface area is 119 Å². The predicted octanol–water partition coefficient (Wildman–Crippen LogP) is 0.747. The summed E-state index contributed by atoms with van der Waals surface area (Å²) in [6, 6.07) is 5.04. The molecular formula is C14H22N2O4. The summed E-state index contributed by atoms with van der Waals surface area (Å²) in [6.45, 7) is 2.59. The fraction of sp³-hybridized carbons (Fsp3) is 0.500. The maximum Gasteiger partial charge on any atom is 0.257 e. The van der Waals surface area contributed by atoms with Gasteiger partial charge in [0, 0.05) is 20.7 Å². The van der Waals surface area contributed by atoms with Crippen LogP contribution in [0.2, 0.25) is 0 Å². The van der Waals surface area contributed by atoms with E-state index in [2.05, 4.69) is 0 Å². The number of aliphatic hydroxyl groups excluding tert-OH is 1. The molecule has 0 aliphatic carbocycles. The number of nitrogen functional groups attached to an aromatic ring is 1. The number of nitrogens with zero attached hydrogens (tertiary/aromatic N) is 1. The third-order valence-electron chi connectivity index (χ3n) is 2.75. The van der Waals surface area contributed by atoms with Gasteiger partial charge in [0.15, 0.2) is 5.75 Å². The highest BCUT2D eigenvalue weighted by molar-refractivity contribution is 5.98. The van der Waals surface area contributed by atoms with Crippen LogP contribution in [-0.4, -0.2) is 55.9 Å². The number of benzene rings is 1. The Hall–Kier alpha value is -1.79. The number of ether oxygens (including phenoxy) is 2. The van der Waals surface area contributed by atoms with Crippen molar-refractivity contribution in [3.05, 3.63) is 23.8 Å². The van der Waals surface area contributed by atoms with Crippen molar-refractivity contribution in [1.82, 2.24) is 4.90 Å². The van der Waals surface area contributed by atoms with Gasteiger partial charge >= 0.3 is 0 Å². The van der Waals surface area contributed by atoms with Gasteiger partial charge in [0.2, 0.25) is 0 Å². The van der Waals surface area contributed by atoms with E-state index in [1.807, 2.05) is 6.92 Å². The summed E-state index contributed by atoms with van der Waals surface area (Å²) in [6.07, 6.45) is -0.731. The fourth-order valence-corrected chi connectivity index (χ4v) is 1.88. The molecule has 20 heavy (non-hydrogen) atoms. The number of hydrogen-bond donors (Lipinski definition) is 2. The van der Waals surface area contributed by atoms with Crippen LogP contribution in [0.1, 0.15) is 17.3 Å². The van der Waals surface area contributed by atoms with Gasteiger partial charge in [-0.2, -0.15) is 0 Å². The lowest BCUT2D eigenvalue weighted by molar-refractivity contribution is 0.0379. The van der Waals surface area contributed by atoms with Gasteiger partial charge in [0.25, 0.3) is 5.91 Å². The second kappa shape index (κ2) is 7.72. The van der Waals surface area contributed by atoms with Crippen molar-refractivity contribution in [2.24, 2.45) is 0 Å². The van der Waals surface area contributed by atoms with Crippen LogP contribution < -0.4 is 10.5 Å². The van der Waals surface area contributed by atoms with Crippen molar-refractivity contribution in [1.29, 1.82) is 0 Å². The van der Waals surface area contributed by atoms with Gasteiger partial charge in [-0.1, -0.05) is 6.07 Å². The molecular weight excluding hydrogens is 260 g/mol. The third kappa shape index (κ3) is 4.11. The normalized spacial score (nSPS) is 12.0. The zero-order valence-electron chi connectivity index (χ0n) is 12.1. The maximum atomic E-state index is 12.4. The number of carbonyl (C=O) groups excluding carboxylic acids is 1. The number of rotatable bonds is 7. The number of anilines is 1. The van der Waals surface area contributed by atoms with Crippen LogP contribution in [0.3, 0.4) is 0 Å². The number of aliphatic hydroxyl groups is 1. The molecule has 3 N–H and O–H groups in total. The molecule has 6 heteroatoms.